The van der Waals surface area contributed by atoms with Gasteiger partial charge in [0.15, 0.2) is 0 Å². The fourth-order valence-electron chi connectivity index (χ4n) is 1.90. The maximum absolute atomic E-state index is 12.3. The van der Waals surface area contributed by atoms with Crippen LogP contribution >= 0.6 is 24.8 Å². The molecule has 0 aromatic carbocycles. The number of amides is 1. The molecule has 0 fully saturated rings. The highest BCUT2D eigenvalue weighted by Gasteiger charge is 2.21. The summed E-state index contributed by atoms with van der Waals surface area (Å²) in [7, 11) is 5.07. The number of halogens is 2. The van der Waals surface area contributed by atoms with Crippen molar-refractivity contribution < 1.29 is 9.53 Å². The van der Waals surface area contributed by atoms with Crippen molar-refractivity contribution in [2.45, 2.75) is 6.04 Å². The summed E-state index contributed by atoms with van der Waals surface area (Å²) in [6.45, 7) is 0. The molecule has 7 nitrogen and oxygen atoms in total. The minimum atomic E-state index is -0.492. The normalized spacial score (nSPS) is 10.9. The highest BCUT2D eigenvalue weighted by molar-refractivity contribution is 5.96. The van der Waals surface area contributed by atoms with E-state index in [2.05, 4.69) is 20.7 Å². The molecule has 2 rings (SSSR count). The summed E-state index contributed by atoms with van der Waals surface area (Å²) in [6.07, 6.45) is 6.60. The lowest BCUT2D eigenvalue weighted by Gasteiger charge is -2.15. The second kappa shape index (κ2) is 9.24. The predicted molar refractivity (Wildman–Crippen MR) is 88.9 cm³/mol. The van der Waals surface area contributed by atoms with Gasteiger partial charge in [-0.05, 0) is 7.05 Å². The van der Waals surface area contributed by atoms with Crippen molar-refractivity contribution in [3.05, 3.63) is 36.4 Å². The molecular formula is C13H19Cl2N5O2. The number of carbonyl (C=O) groups excluding carboxylic acids is 1. The van der Waals surface area contributed by atoms with Crippen molar-refractivity contribution >= 4 is 36.4 Å². The summed E-state index contributed by atoms with van der Waals surface area (Å²) in [5.41, 5.74) is 1.32. The Bertz CT molecular complexity index is 606. The molecule has 1 amide bonds. The number of nitrogens with zero attached hydrogens (tertiary/aromatic N) is 3. The minimum Gasteiger partial charge on any atom is -0.494 e. The Morgan fingerprint density at radius 3 is 2.64 bits per heavy atom. The summed E-state index contributed by atoms with van der Waals surface area (Å²) in [6, 6.07) is 1.20. The molecule has 0 spiro atoms. The van der Waals surface area contributed by atoms with Gasteiger partial charge in [-0.3, -0.25) is 14.5 Å². The molecule has 0 aliphatic heterocycles. The zero-order valence-corrected chi connectivity index (χ0v) is 14.1. The first-order chi connectivity index (χ1) is 9.65. The van der Waals surface area contributed by atoms with Crippen LogP contribution in [0, 0.1) is 0 Å². The molecule has 1 atom stereocenters. The molecule has 2 aromatic heterocycles. The largest absolute Gasteiger partial charge is 0.494 e. The van der Waals surface area contributed by atoms with Crippen LogP contribution in [0.3, 0.4) is 0 Å². The number of anilines is 1. The van der Waals surface area contributed by atoms with Crippen LogP contribution in [0.25, 0.3) is 0 Å². The monoisotopic (exact) mass is 347 g/mol. The Morgan fingerprint density at radius 2 is 2.09 bits per heavy atom. The fourth-order valence-corrected chi connectivity index (χ4v) is 1.90. The van der Waals surface area contributed by atoms with Gasteiger partial charge in [0, 0.05) is 31.1 Å². The average molecular weight is 348 g/mol. The third-order valence-corrected chi connectivity index (χ3v) is 2.87. The molecule has 0 bridgehead atoms. The van der Waals surface area contributed by atoms with E-state index in [0.29, 0.717) is 11.4 Å². The van der Waals surface area contributed by atoms with Crippen LogP contribution in [-0.2, 0) is 11.8 Å². The van der Waals surface area contributed by atoms with Crippen molar-refractivity contribution in [3.63, 3.8) is 0 Å². The molecule has 122 valence electrons. The van der Waals surface area contributed by atoms with Crippen LogP contribution < -0.4 is 15.4 Å². The van der Waals surface area contributed by atoms with E-state index in [4.69, 9.17) is 4.74 Å². The highest BCUT2D eigenvalue weighted by atomic mass is 35.5. The second-order valence-electron chi connectivity index (χ2n) is 4.23. The van der Waals surface area contributed by atoms with Crippen molar-refractivity contribution in [1.29, 1.82) is 0 Å². The maximum Gasteiger partial charge on any atom is 0.246 e. The van der Waals surface area contributed by atoms with Crippen LogP contribution in [0.5, 0.6) is 5.75 Å². The number of aromatic nitrogens is 3. The van der Waals surface area contributed by atoms with E-state index in [-0.39, 0.29) is 30.7 Å². The number of likely N-dealkylation sites (N-methyl/N-ethyl adjacent to an activating group) is 1. The quantitative estimate of drug-likeness (QED) is 0.857. The van der Waals surface area contributed by atoms with Crippen LogP contribution in [-0.4, -0.2) is 34.8 Å². The lowest BCUT2D eigenvalue weighted by atomic mass is 10.1. The van der Waals surface area contributed by atoms with E-state index in [1.165, 1.54) is 0 Å². The Morgan fingerprint density at radius 1 is 1.36 bits per heavy atom. The highest BCUT2D eigenvalue weighted by Crippen LogP contribution is 2.23. The zero-order chi connectivity index (χ0) is 14.5. The predicted octanol–water partition coefficient (Wildman–Crippen LogP) is 1.57. The zero-order valence-electron chi connectivity index (χ0n) is 12.4. The average Bonchev–Trinajstić information content (AvgIpc) is 2.86. The summed E-state index contributed by atoms with van der Waals surface area (Å²) < 4.78 is 6.83. The Labute approximate surface area is 141 Å². The number of nitrogens with one attached hydrogen (secondary N) is 2. The van der Waals surface area contributed by atoms with Gasteiger partial charge in [0.25, 0.3) is 0 Å². The van der Waals surface area contributed by atoms with Gasteiger partial charge in [-0.2, -0.15) is 5.10 Å². The SMILES string of the molecule is CNC(C(=O)Nc1cnccc1OC)c1cnn(C)c1.Cl.Cl. The van der Waals surface area contributed by atoms with E-state index in [1.54, 1.807) is 56.7 Å². The first kappa shape index (κ1) is 20.2. The molecule has 0 saturated heterocycles. The molecule has 2 aromatic rings. The van der Waals surface area contributed by atoms with Gasteiger partial charge in [-0.1, -0.05) is 0 Å². The van der Waals surface area contributed by atoms with E-state index in [1.807, 2.05) is 0 Å². The summed E-state index contributed by atoms with van der Waals surface area (Å²) >= 11 is 0. The van der Waals surface area contributed by atoms with Crippen molar-refractivity contribution in [3.8, 4) is 5.75 Å². The number of methoxy groups -OCH3 is 1. The first-order valence-corrected chi connectivity index (χ1v) is 6.10. The van der Waals surface area contributed by atoms with Gasteiger partial charge >= 0.3 is 0 Å². The van der Waals surface area contributed by atoms with Gasteiger partial charge in [-0.15, -0.1) is 24.8 Å². The topological polar surface area (TPSA) is 81.1 Å². The smallest absolute Gasteiger partial charge is 0.246 e. The van der Waals surface area contributed by atoms with Crippen LogP contribution in [0.4, 0.5) is 5.69 Å². The first-order valence-electron chi connectivity index (χ1n) is 6.10. The number of pyridine rings is 1. The number of ether oxygens (including phenoxy) is 1. The number of rotatable bonds is 5. The fraction of sp³-hybridized carbons (Fsp3) is 0.308. The van der Waals surface area contributed by atoms with Crippen LogP contribution in [0.15, 0.2) is 30.9 Å². The van der Waals surface area contributed by atoms with Crippen molar-refractivity contribution in [2.75, 3.05) is 19.5 Å². The Hall–Kier alpha value is -1.83. The van der Waals surface area contributed by atoms with Crippen molar-refractivity contribution in [2.24, 2.45) is 7.05 Å². The number of aryl methyl sites for hydroxylation is 1. The summed E-state index contributed by atoms with van der Waals surface area (Å²) in [4.78, 5) is 16.3. The number of carbonyl (C=O) groups is 1. The molecular weight excluding hydrogens is 329 g/mol. The molecule has 2 heterocycles. The second-order valence-corrected chi connectivity index (χ2v) is 4.23. The van der Waals surface area contributed by atoms with Gasteiger partial charge in [0.05, 0.1) is 19.5 Å². The lowest BCUT2D eigenvalue weighted by Crippen LogP contribution is -2.30. The van der Waals surface area contributed by atoms with Gasteiger partial charge < -0.3 is 15.4 Å². The van der Waals surface area contributed by atoms with E-state index in [0.717, 1.165) is 5.56 Å². The minimum absolute atomic E-state index is 0. The van der Waals surface area contributed by atoms with E-state index in [9.17, 15) is 4.79 Å². The Balaban J connectivity index is 0.00000220. The molecule has 0 radical (unpaired) electrons. The molecule has 9 heteroatoms. The van der Waals surface area contributed by atoms with E-state index < -0.39 is 6.04 Å². The Kier molecular flexibility index (Phi) is 8.47. The van der Waals surface area contributed by atoms with Crippen LogP contribution in [0.1, 0.15) is 11.6 Å². The summed E-state index contributed by atoms with van der Waals surface area (Å²) in [5.74, 6) is 0.362. The standard InChI is InChI=1S/C13H17N5O2.2ClH/c1-14-12(9-6-16-18(2)8-9)13(19)17-10-7-15-5-4-11(10)20-3;;/h4-8,12,14H,1-3H3,(H,17,19);2*1H. The number of hydrogen-bond donors (Lipinski definition) is 2. The molecule has 0 saturated carbocycles. The van der Waals surface area contributed by atoms with Crippen molar-refractivity contribution in [1.82, 2.24) is 20.1 Å². The number of hydrogen-bond acceptors (Lipinski definition) is 5. The third kappa shape index (κ3) is 4.59. The van der Waals surface area contributed by atoms with Gasteiger partial charge in [-0.25, -0.2) is 0 Å². The third-order valence-electron chi connectivity index (χ3n) is 2.87. The summed E-state index contributed by atoms with van der Waals surface area (Å²) in [5, 5.41) is 9.83. The van der Waals surface area contributed by atoms with Gasteiger partial charge in [0.2, 0.25) is 5.91 Å². The van der Waals surface area contributed by atoms with Crippen LogP contribution in [0.2, 0.25) is 0 Å². The maximum atomic E-state index is 12.3. The lowest BCUT2D eigenvalue weighted by molar-refractivity contribution is -0.118. The molecule has 0 aliphatic rings. The molecule has 2 N–H and O–H groups in total. The van der Waals surface area contributed by atoms with E-state index >= 15 is 0 Å². The molecule has 22 heavy (non-hydrogen) atoms. The molecule has 1 unspecified atom stereocenters. The van der Waals surface area contributed by atoms with Gasteiger partial charge in [0.1, 0.15) is 17.5 Å². The molecule has 0 aliphatic carbocycles.